The molecule has 2 amide bonds. The van der Waals surface area contributed by atoms with E-state index < -0.39 is 88.3 Å². The maximum Gasteiger partial charge on any atom is 0.417 e. The largest absolute Gasteiger partial charge is 0.417 e. The third kappa shape index (κ3) is 8.89. The average Bonchev–Trinajstić information content (AvgIpc) is 2.76. The van der Waals surface area contributed by atoms with Crippen molar-refractivity contribution in [1.82, 2.24) is 10.6 Å². The zero-order chi connectivity index (χ0) is 29.1. The summed E-state index contributed by atoms with van der Waals surface area (Å²) in [6.07, 6.45) is -15.5. The molecule has 1 unspecified atom stereocenters. The van der Waals surface area contributed by atoms with Gasteiger partial charge in [-0.15, -0.1) is 0 Å². The number of hydrogen-bond donors (Lipinski definition) is 2. The van der Waals surface area contributed by atoms with Gasteiger partial charge in [0.1, 0.15) is 24.1 Å². The van der Waals surface area contributed by atoms with E-state index >= 15 is 0 Å². The Morgan fingerprint density at radius 1 is 0.921 bits per heavy atom. The van der Waals surface area contributed by atoms with Gasteiger partial charge in [0.25, 0.3) is 5.91 Å². The van der Waals surface area contributed by atoms with Crippen LogP contribution < -0.4 is 10.6 Å². The molecule has 38 heavy (non-hydrogen) atoms. The standard InChI is InChI=1S/C22H14ClF11N2O2/c23-12-3-11(4-13(24)6-12)15(21(29,30)31)7-17(25)10-1-2-14(16(5-10)22(32,33)34)19(38)35-8-18(37)36-9-20(26,27)28/h1-7,15H,8-9H2,(H,35,38)(H,36,37)/b17-7-. The van der Waals surface area contributed by atoms with Gasteiger partial charge in [-0.25, -0.2) is 8.78 Å². The van der Waals surface area contributed by atoms with Crippen molar-refractivity contribution in [3.63, 3.8) is 0 Å². The quantitative estimate of drug-likeness (QED) is 0.363. The number of allylic oxidation sites excluding steroid dienone is 1. The van der Waals surface area contributed by atoms with Gasteiger partial charge in [-0.3, -0.25) is 9.59 Å². The van der Waals surface area contributed by atoms with Gasteiger partial charge in [-0.1, -0.05) is 17.7 Å². The van der Waals surface area contributed by atoms with Gasteiger partial charge in [-0.2, -0.15) is 39.5 Å². The SMILES string of the molecule is O=C(CNC(=O)c1ccc(/C(F)=C/C(c2cc(F)cc(Cl)c2)C(F)(F)F)cc1C(F)(F)F)NCC(F)(F)F. The van der Waals surface area contributed by atoms with Gasteiger partial charge in [0.15, 0.2) is 0 Å². The van der Waals surface area contributed by atoms with Crippen LogP contribution in [-0.4, -0.2) is 37.3 Å². The summed E-state index contributed by atoms with van der Waals surface area (Å²) in [5, 5.41) is 2.57. The fourth-order valence-electron chi connectivity index (χ4n) is 3.02. The molecule has 0 saturated heterocycles. The topological polar surface area (TPSA) is 58.2 Å². The minimum atomic E-state index is -5.35. The first-order valence-electron chi connectivity index (χ1n) is 10.0. The number of carbonyl (C=O) groups excluding carboxylic acids is 2. The number of halogens is 12. The Morgan fingerprint density at radius 3 is 2.08 bits per heavy atom. The van der Waals surface area contributed by atoms with Crippen LogP contribution in [0.4, 0.5) is 48.3 Å². The number of amides is 2. The molecule has 0 heterocycles. The van der Waals surface area contributed by atoms with E-state index in [9.17, 15) is 57.9 Å². The van der Waals surface area contributed by atoms with Gasteiger partial charge >= 0.3 is 18.5 Å². The number of alkyl halides is 9. The molecule has 0 bridgehead atoms. The molecule has 0 radical (unpaired) electrons. The number of nitrogens with one attached hydrogen (secondary N) is 2. The molecule has 2 aromatic rings. The van der Waals surface area contributed by atoms with E-state index in [4.69, 9.17) is 11.6 Å². The molecule has 0 aliphatic heterocycles. The summed E-state index contributed by atoms with van der Waals surface area (Å²) in [6, 6.07) is 2.73. The smallest absolute Gasteiger partial charge is 0.345 e. The van der Waals surface area contributed by atoms with Gasteiger partial charge in [0.05, 0.1) is 17.7 Å². The van der Waals surface area contributed by atoms with Crippen molar-refractivity contribution >= 4 is 29.2 Å². The lowest BCUT2D eigenvalue weighted by atomic mass is 9.95. The molecule has 2 N–H and O–H groups in total. The molecule has 16 heteroatoms. The van der Waals surface area contributed by atoms with Crippen molar-refractivity contribution in [1.29, 1.82) is 0 Å². The first-order chi connectivity index (χ1) is 17.3. The Balaban J connectivity index is 2.39. The molecule has 0 spiro atoms. The normalized spacial score (nSPS) is 13.7. The van der Waals surface area contributed by atoms with Crippen LogP contribution in [0.2, 0.25) is 5.02 Å². The van der Waals surface area contributed by atoms with Crippen LogP contribution in [0.5, 0.6) is 0 Å². The second-order valence-corrected chi connectivity index (χ2v) is 8.01. The number of carbonyl (C=O) groups is 2. The molecular weight excluding hydrogens is 569 g/mol. The summed E-state index contributed by atoms with van der Waals surface area (Å²) in [7, 11) is 0. The third-order valence-electron chi connectivity index (χ3n) is 4.65. The van der Waals surface area contributed by atoms with E-state index in [1.807, 2.05) is 0 Å². The van der Waals surface area contributed by atoms with E-state index in [1.165, 1.54) is 5.32 Å². The third-order valence-corrected chi connectivity index (χ3v) is 4.87. The van der Waals surface area contributed by atoms with Crippen molar-refractivity contribution in [2.75, 3.05) is 13.1 Å². The highest BCUT2D eigenvalue weighted by atomic mass is 35.5. The summed E-state index contributed by atoms with van der Waals surface area (Å²) in [4.78, 5) is 23.5. The van der Waals surface area contributed by atoms with E-state index in [-0.39, 0.29) is 12.1 Å². The van der Waals surface area contributed by atoms with Gasteiger partial charge in [0.2, 0.25) is 5.91 Å². The zero-order valence-electron chi connectivity index (χ0n) is 18.4. The molecule has 0 aromatic heterocycles. The van der Waals surface area contributed by atoms with Gasteiger partial charge in [-0.05, 0) is 42.0 Å². The van der Waals surface area contributed by atoms with Crippen molar-refractivity contribution in [3.8, 4) is 0 Å². The maximum atomic E-state index is 14.8. The molecule has 1 atom stereocenters. The van der Waals surface area contributed by atoms with E-state index in [2.05, 4.69) is 0 Å². The van der Waals surface area contributed by atoms with E-state index in [1.54, 1.807) is 5.32 Å². The summed E-state index contributed by atoms with van der Waals surface area (Å²) >= 11 is 5.54. The molecule has 0 fully saturated rings. The molecule has 4 nitrogen and oxygen atoms in total. The Kier molecular flexibility index (Phi) is 9.40. The fraction of sp³-hybridized carbons (Fsp3) is 0.273. The minimum absolute atomic E-state index is 0.0243. The van der Waals surface area contributed by atoms with Crippen LogP contribution in [0, 0.1) is 5.82 Å². The highest BCUT2D eigenvalue weighted by molar-refractivity contribution is 6.30. The molecular formula is C22H14ClF11N2O2. The average molecular weight is 583 g/mol. The number of rotatable bonds is 7. The molecule has 0 aliphatic carbocycles. The molecule has 0 saturated carbocycles. The van der Waals surface area contributed by atoms with Crippen LogP contribution in [0.3, 0.4) is 0 Å². The van der Waals surface area contributed by atoms with Crippen LogP contribution in [-0.2, 0) is 11.0 Å². The molecule has 2 aromatic carbocycles. The number of hydrogen-bond acceptors (Lipinski definition) is 2. The Morgan fingerprint density at radius 2 is 1.55 bits per heavy atom. The van der Waals surface area contributed by atoms with Crippen molar-refractivity contribution < 1.29 is 57.9 Å². The van der Waals surface area contributed by atoms with Crippen molar-refractivity contribution in [3.05, 3.63) is 75.6 Å². The highest BCUT2D eigenvalue weighted by Gasteiger charge is 2.41. The molecule has 208 valence electrons. The second kappa shape index (κ2) is 11.6. The maximum absolute atomic E-state index is 14.8. The van der Waals surface area contributed by atoms with E-state index in [0.717, 1.165) is 0 Å². The lowest BCUT2D eigenvalue weighted by Gasteiger charge is -2.19. The van der Waals surface area contributed by atoms with Crippen LogP contribution >= 0.6 is 11.6 Å². The Labute approximate surface area is 211 Å². The second-order valence-electron chi connectivity index (χ2n) is 7.57. The lowest BCUT2D eigenvalue weighted by molar-refractivity contribution is -0.140. The number of benzene rings is 2. The predicted molar refractivity (Wildman–Crippen MR) is 112 cm³/mol. The van der Waals surface area contributed by atoms with Crippen molar-refractivity contribution in [2.45, 2.75) is 24.4 Å². The highest BCUT2D eigenvalue weighted by Crippen LogP contribution is 2.40. The zero-order valence-corrected chi connectivity index (χ0v) is 19.1. The lowest BCUT2D eigenvalue weighted by Crippen LogP contribution is -2.41. The van der Waals surface area contributed by atoms with Crippen LogP contribution in [0.25, 0.3) is 5.83 Å². The van der Waals surface area contributed by atoms with Gasteiger partial charge < -0.3 is 10.6 Å². The van der Waals surface area contributed by atoms with Crippen molar-refractivity contribution in [2.24, 2.45) is 0 Å². The monoisotopic (exact) mass is 582 g/mol. The first-order valence-corrected chi connectivity index (χ1v) is 10.4. The van der Waals surface area contributed by atoms with E-state index in [0.29, 0.717) is 30.3 Å². The first kappa shape index (κ1) is 30.9. The Hall–Kier alpha value is -3.36. The fourth-order valence-corrected chi connectivity index (χ4v) is 3.25. The predicted octanol–water partition coefficient (Wildman–Crippen LogP) is 6.56. The summed E-state index contributed by atoms with van der Waals surface area (Å²) < 4.78 is 146. The Bertz CT molecular complexity index is 1200. The summed E-state index contributed by atoms with van der Waals surface area (Å²) in [5.74, 6) is -8.78. The summed E-state index contributed by atoms with van der Waals surface area (Å²) in [6.45, 7) is -2.91. The minimum Gasteiger partial charge on any atom is -0.345 e. The molecule has 2 rings (SSSR count). The van der Waals surface area contributed by atoms with Crippen LogP contribution in [0.15, 0.2) is 42.5 Å². The van der Waals surface area contributed by atoms with Crippen LogP contribution in [0.1, 0.15) is 33.0 Å². The van der Waals surface area contributed by atoms with Gasteiger partial charge in [0, 0.05) is 10.6 Å². The summed E-state index contributed by atoms with van der Waals surface area (Å²) in [5.41, 5.74) is -4.88. The molecule has 0 aliphatic rings.